The van der Waals surface area contributed by atoms with E-state index >= 15 is 0 Å². The summed E-state index contributed by atoms with van der Waals surface area (Å²) in [4.78, 5) is 16.0. The number of hydrogen-bond donors (Lipinski definition) is 0. The molecule has 28 heavy (non-hydrogen) atoms. The lowest BCUT2D eigenvalue weighted by atomic mass is 9.88. The van der Waals surface area contributed by atoms with Crippen LogP contribution >= 0.6 is 11.6 Å². The molecule has 1 saturated heterocycles. The molecule has 0 amide bonds. The molecule has 0 bridgehead atoms. The quantitative estimate of drug-likeness (QED) is 0.484. The van der Waals surface area contributed by atoms with Gasteiger partial charge < -0.3 is 4.90 Å². The van der Waals surface area contributed by atoms with E-state index in [2.05, 4.69) is 30.9 Å². The molecule has 1 aliphatic heterocycles. The van der Waals surface area contributed by atoms with Crippen molar-refractivity contribution in [2.45, 2.75) is 57.8 Å². The van der Waals surface area contributed by atoms with Crippen LogP contribution in [0.2, 0.25) is 5.02 Å². The monoisotopic (exact) mass is 397 g/mol. The van der Waals surface area contributed by atoms with Crippen LogP contribution in [0.4, 0.5) is 0 Å². The van der Waals surface area contributed by atoms with Gasteiger partial charge in [-0.2, -0.15) is 0 Å². The van der Waals surface area contributed by atoms with E-state index in [1.54, 1.807) is 0 Å². The summed E-state index contributed by atoms with van der Waals surface area (Å²) in [6, 6.07) is 16.1. The second kappa shape index (κ2) is 10.2. The Labute approximate surface area is 174 Å². The Bertz CT molecular complexity index is 745. The van der Waals surface area contributed by atoms with Crippen molar-refractivity contribution in [3.05, 3.63) is 70.2 Å². The smallest absolute Gasteiger partial charge is 0.171 e. The number of rotatable bonds is 7. The van der Waals surface area contributed by atoms with Crippen LogP contribution in [0.15, 0.2) is 48.5 Å². The summed E-state index contributed by atoms with van der Waals surface area (Å²) in [6.45, 7) is 7.39. The van der Waals surface area contributed by atoms with Gasteiger partial charge in [-0.05, 0) is 61.5 Å². The molecule has 150 valence electrons. The molecular formula is C25H32ClNO. The summed E-state index contributed by atoms with van der Waals surface area (Å²) < 4.78 is 0. The standard InChI is InChI=1S/C25H32ClNO/c1-3-19(2)20-8-10-22(11-9-20)25(28)24(21-12-14-23(26)15-13-21)18-27-16-6-4-5-7-17-27/h8-15,19,24H,3-7,16-18H2,1-2H3. The van der Waals surface area contributed by atoms with Crippen molar-refractivity contribution in [1.82, 2.24) is 4.90 Å². The van der Waals surface area contributed by atoms with E-state index in [0.717, 1.165) is 37.2 Å². The van der Waals surface area contributed by atoms with Crippen LogP contribution in [0.5, 0.6) is 0 Å². The Balaban J connectivity index is 1.84. The molecule has 2 aromatic rings. The highest BCUT2D eigenvalue weighted by Crippen LogP contribution is 2.27. The number of nitrogens with zero attached hydrogens (tertiary/aromatic N) is 1. The second-order valence-electron chi connectivity index (χ2n) is 8.11. The van der Waals surface area contributed by atoms with Crippen molar-refractivity contribution in [3.8, 4) is 0 Å². The first-order chi connectivity index (χ1) is 13.6. The number of ketones is 1. The van der Waals surface area contributed by atoms with Gasteiger partial charge in [0, 0.05) is 17.1 Å². The number of Topliss-reactive ketones (excluding diaryl/α,β-unsaturated/α-hetero) is 1. The van der Waals surface area contributed by atoms with Crippen molar-refractivity contribution in [2.75, 3.05) is 19.6 Å². The molecule has 0 saturated carbocycles. The first-order valence-corrected chi connectivity index (χ1v) is 11.1. The van der Waals surface area contributed by atoms with Crippen molar-refractivity contribution in [1.29, 1.82) is 0 Å². The third-order valence-corrected chi connectivity index (χ3v) is 6.36. The maximum atomic E-state index is 13.5. The van der Waals surface area contributed by atoms with Crippen molar-refractivity contribution in [3.63, 3.8) is 0 Å². The zero-order valence-electron chi connectivity index (χ0n) is 17.2. The Morgan fingerprint density at radius 3 is 2.07 bits per heavy atom. The van der Waals surface area contributed by atoms with Gasteiger partial charge >= 0.3 is 0 Å². The lowest BCUT2D eigenvalue weighted by Crippen LogP contribution is -2.33. The molecule has 2 aromatic carbocycles. The molecular weight excluding hydrogens is 366 g/mol. The number of benzene rings is 2. The molecule has 1 fully saturated rings. The SMILES string of the molecule is CCC(C)c1ccc(C(=O)C(CN2CCCCCC2)c2ccc(Cl)cc2)cc1. The minimum atomic E-state index is -0.148. The summed E-state index contributed by atoms with van der Waals surface area (Å²) >= 11 is 6.09. The fourth-order valence-corrected chi connectivity index (χ4v) is 4.15. The minimum Gasteiger partial charge on any atom is -0.302 e. The summed E-state index contributed by atoms with van der Waals surface area (Å²) in [5.74, 6) is 0.584. The fraction of sp³-hybridized carbons (Fsp3) is 0.480. The molecule has 3 rings (SSSR count). The highest BCUT2D eigenvalue weighted by atomic mass is 35.5. The molecule has 0 aliphatic carbocycles. The maximum Gasteiger partial charge on any atom is 0.171 e. The van der Waals surface area contributed by atoms with Crippen LogP contribution in [0.3, 0.4) is 0 Å². The fourth-order valence-electron chi connectivity index (χ4n) is 4.02. The molecule has 2 atom stereocenters. The van der Waals surface area contributed by atoms with Gasteiger partial charge in [-0.25, -0.2) is 0 Å². The summed E-state index contributed by atoms with van der Waals surface area (Å²) in [6.07, 6.45) is 6.16. The van der Waals surface area contributed by atoms with E-state index in [9.17, 15) is 4.79 Å². The Hall–Kier alpha value is -1.64. The number of carbonyl (C=O) groups excluding carboxylic acids is 1. The summed E-state index contributed by atoms with van der Waals surface area (Å²) in [5, 5.41) is 0.711. The van der Waals surface area contributed by atoms with E-state index in [4.69, 9.17) is 11.6 Å². The van der Waals surface area contributed by atoms with Gasteiger partial charge in [0.2, 0.25) is 0 Å². The zero-order valence-corrected chi connectivity index (χ0v) is 17.9. The average Bonchev–Trinajstić information content (AvgIpc) is 3.00. The van der Waals surface area contributed by atoms with Crippen molar-refractivity contribution < 1.29 is 4.79 Å². The van der Waals surface area contributed by atoms with Crippen LogP contribution < -0.4 is 0 Å². The lowest BCUT2D eigenvalue weighted by molar-refractivity contribution is 0.0934. The molecule has 3 heteroatoms. The molecule has 0 radical (unpaired) electrons. The van der Waals surface area contributed by atoms with Gasteiger partial charge in [-0.1, -0.05) is 74.7 Å². The molecule has 2 nitrogen and oxygen atoms in total. The molecule has 2 unspecified atom stereocenters. The topological polar surface area (TPSA) is 20.3 Å². The number of hydrogen-bond acceptors (Lipinski definition) is 2. The van der Waals surface area contributed by atoms with Crippen LogP contribution in [0, 0.1) is 0 Å². The third-order valence-electron chi connectivity index (χ3n) is 6.10. The largest absolute Gasteiger partial charge is 0.302 e. The van der Waals surface area contributed by atoms with Crippen molar-refractivity contribution >= 4 is 17.4 Å². The van der Waals surface area contributed by atoms with Crippen LogP contribution in [0.25, 0.3) is 0 Å². The van der Waals surface area contributed by atoms with E-state index in [1.807, 2.05) is 36.4 Å². The molecule has 0 spiro atoms. The zero-order chi connectivity index (χ0) is 19.9. The van der Waals surface area contributed by atoms with Gasteiger partial charge in [0.1, 0.15) is 0 Å². The van der Waals surface area contributed by atoms with Crippen molar-refractivity contribution in [2.24, 2.45) is 0 Å². The van der Waals surface area contributed by atoms with Crippen LogP contribution in [-0.2, 0) is 0 Å². The summed E-state index contributed by atoms with van der Waals surface area (Å²) in [5.41, 5.74) is 3.17. The third kappa shape index (κ3) is 5.46. The number of halogens is 1. The Kier molecular flexibility index (Phi) is 7.70. The number of carbonyl (C=O) groups is 1. The predicted molar refractivity (Wildman–Crippen MR) is 119 cm³/mol. The highest BCUT2D eigenvalue weighted by Gasteiger charge is 2.25. The molecule has 1 heterocycles. The van der Waals surface area contributed by atoms with Crippen LogP contribution in [-0.4, -0.2) is 30.3 Å². The summed E-state index contributed by atoms with van der Waals surface area (Å²) in [7, 11) is 0. The maximum absolute atomic E-state index is 13.5. The number of likely N-dealkylation sites (tertiary alicyclic amines) is 1. The molecule has 1 aliphatic rings. The normalized spacial score (nSPS) is 17.7. The van der Waals surface area contributed by atoms with Gasteiger partial charge in [-0.3, -0.25) is 4.79 Å². The molecule has 0 N–H and O–H groups in total. The first kappa shape index (κ1) is 21.1. The van der Waals surface area contributed by atoms with E-state index in [0.29, 0.717) is 10.9 Å². The average molecular weight is 398 g/mol. The van der Waals surface area contributed by atoms with Gasteiger partial charge in [0.25, 0.3) is 0 Å². The lowest BCUT2D eigenvalue weighted by Gasteiger charge is -2.26. The first-order valence-electron chi connectivity index (χ1n) is 10.7. The molecule has 0 aromatic heterocycles. The van der Waals surface area contributed by atoms with Crippen LogP contribution in [0.1, 0.15) is 79.3 Å². The van der Waals surface area contributed by atoms with E-state index in [1.165, 1.54) is 31.2 Å². The predicted octanol–water partition coefficient (Wildman–Crippen LogP) is 6.70. The van der Waals surface area contributed by atoms with Gasteiger partial charge in [-0.15, -0.1) is 0 Å². The van der Waals surface area contributed by atoms with E-state index < -0.39 is 0 Å². The van der Waals surface area contributed by atoms with E-state index in [-0.39, 0.29) is 11.7 Å². The van der Waals surface area contributed by atoms with Gasteiger partial charge in [0.15, 0.2) is 5.78 Å². The van der Waals surface area contributed by atoms with Gasteiger partial charge in [0.05, 0.1) is 5.92 Å². The Morgan fingerprint density at radius 2 is 1.50 bits per heavy atom. The highest BCUT2D eigenvalue weighted by molar-refractivity contribution is 6.30. The minimum absolute atomic E-state index is 0.148. The second-order valence-corrected chi connectivity index (χ2v) is 8.55. The Morgan fingerprint density at radius 1 is 0.929 bits per heavy atom.